The second-order valence-corrected chi connectivity index (χ2v) is 12.2. The molecule has 1 saturated carbocycles. The molecule has 4 aliphatic rings. The Labute approximate surface area is 248 Å². The molecule has 2 atom stereocenters. The van der Waals surface area contributed by atoms with Crippen molar-refractivity contribution in [3.05, 3.63) is 70.9 Å². The van der Waals surface area contributed by atoms with Crippen molar-refractivity contribution in [1.82, 2.24) is 24.6 Å². The highest BCUT2D eigenvalue weighted by Crippen LogP contribution is 2.59. The first-order chi connectivity index (χ1) is 21.0. The van der Waals surface area contributed by atoms with Gasteiger partial charge in [-0.2, -0.15) is 13.2 Å². The Hall–Kier alpha value is -4.10. The molecule has 1 saturated heterocycles. The maximum absolute atomic E-state index is 14.9. The Morgan fingerprint density at radius 2 is 1.82 bits per heavy atom. The van der Waals surface area contributed by atoms with Gasteiger partial charge >= 0.3 is 12.3 Å². The highest BCUT2D eigenvalue weighted by Gasteiger charge is 2.67. The number of halogens is 5. The standard InChI is InChI=1S/C30H29F5N6O3/c31-21-5-1-3-19(23(21)32)18-7-6-17(25-38-39-26(41(25)16-18)28(8-9-28)30(33,34)35)15-22(42)40-13-10-29(11-14-40)20-4-2-12-36-24(20)37-27(43)44-29/h1-5,12,17-18H,6-11,13-16H2,(H,36,37,43)/t17-,18+/m0/s1. The van der Waals surface area contributed by atoms with E-state index in [1.165, 1.54) is 16.7 Å². The number of aromatic nitrogens is 4. The summed E-state index contributed by atoms with van der Waals surface area (Å²) in [5.41, 5.74) is -2.24. The number of pyridine rings is 1. The smallest absolute Gasteiger partial charge is 0.413 e. The third kappa shape index (κ3) is 4.60. The van der Waals surface area contributed by atoms with Crippen LogP contribution >= 0.6 is 0 Å². The van der Waals surface area contributed by atoms with Crippen molar-refractivity contribution in [2.24, 2.45) is 0 Å². The van der Waals surface area contributed by atoms with E-state index in [0.29, 0.717) is 44.6 Å². The lowest BCUT2D eigenvalue weighted by Crippen LogP contribution is -2.50. The van der Waals surface area contributed by atoms with E-state index in [2.05, 4.69) is 20.5 Å². The molecule has 0 radical (unpaired) electrons. The molecule has 2 aromatic heterocycles. The summed E-state index contributed by atoms with van der Waals surface area (Å²) in [5.74, 6) is -3.05. The van der Waals surface area contributed by atoms with Crippen LogP contribution in [0.25, 0.3) is 0 Å². The van der Waals surface area contributed by atoms with Gasteiger partial charge in [-0.25, -0.2) is 18.6 Å². The van der Waals surface area contributed by atoms with E-state index < -0.39 is 46.8 Å². The molecule has 3 aromatic rings. The normalized spacial score (nSPS) is 23.7. The summed E-state index contributed by atoms with van der Waals surface area (Å²) in [6.07, 6.45) is -2.56. The van der Waals surface area contributed by atoms with E-state index in [0.717, 1.165) is 11.6 Å². The van der Waals surface area contributed by atoms with Crippen LogP contribution < -0.4 is 5.32 Å². The van der Waals surface area contributed by atoms with Gasteiger partial charge in [-0.1, -0.05) is 12.1 Å². The van der Waals surface area contributed by atoms with Crippen molar-refractivity contribution in [3.8, 4) is 0 Å². The van der Waals surface area contributed by atoms with Crippen molar-refractivity contribution in [2.45, 2.75) is 80.5 Å². The minimum absolute atomic E-state index is 0.0397. The van der Waals surface area contributed by atoms with Gasteiger partial charge < -0.3 is 14.2 Å². The van der Waals surface area contributed by atoms with Gasteiger partial charge in [0.25, 0.3) is 0 Å². The number of likely N-dealkylation sites (tertiary alicyclic amines) is 1. The second kappa shape index (κ2) is 10.2. The summed E-state index contributed by atoms with van der Waals surface area (Å²) < 4.78 is 78.8. The van der Waals surface area contributed by atoms with Crippen LogP contribution in [0.15, 0.2) is 36.5 Å². The molecule has 0 unspecified atom stereocenters. The Kier molecular flexibility index (Phi) is 6.66. The highest BCUT2D eigenvalue weighted by molar-refractivity contribution is 5.87. The van der Waals surface area contributed by atoms with Crippen LogP contribution in [-0.4, -0.2) is 55.9 Å². The van der Waals surface area contributed by atoms with Gasteiger partial charge in [0, 0.05) is 62.5 Å². The molecule has 44 heavy (non-hydrogen) atoms. The minimum atomic E-state index is -4.55. The van der Waals surface area contributed by atoms with Crippen LogP contribution in [0.4, 0.5) is 32.6 Å². The quantitative estimate of drug-likeness (QED) is 0.379. The summed E-state index contributed by atoms with van der Waals surface area (Å²) in [6.45, 7) is 0.526. The molecule has 1 aliphatic carbocycles. The number of hydrogen-bond acceptors (Lipinski definition) is 6. The maximum atomic E-state index is 14.9. The molecule has 7 rings (SSSR count). The van der Waals surface area contributed by atoms with Gasteiger partial charge in [-0.15, -0.1) is 10.2 Å². The van der Waals surface area contributed by atoms with E-state index in [4.69, 9.17) is 4.74 Å². The van der Waals surface area contributed by atoms with Crippen LogP contribution in [0.1, 0.15) is 79.6 Å². The fourth-order valence-corrected chi connectivity index (χ4v) is 7.09. The number of hydrogen-bond donors (Lipinski definition) is 1. The van der Waals surface area contributed by atoms with Crippen LogP contribution in [0, 0.1) is 11.6 Å². The SMILES string of the molecule is O=C1Nc2ncccc2C2(CCN(C(=O)C[C@@H]3CC[C@@H](c4cccc(F)c4F)Cn4c3nnc4C3(C(F)(F)F)CC3)CC2)O1. The van der Waals surface area contributed by atoms with Crippen LogP contribution in [0.2, 0.25) is 0 Å². The molecule has 1 N–H and O–H groups in total. The van der Waals surface area contributed by atoms with Crippen molar-refractivity contribution in [2.75, 3.05) is 18.4 Å². The molecule has 0 bridgehead atoms. The fraction of sp³-hybridized carbons (Fsp3) is 0.500. The number of anilines is 1. The summed E-state index contributed by atoms with van der Waals surface area (Å²) in [7, 11) is 0. The Morgan fingerprint density at radius 3 is 2.55 bits per heavy atom. The van der Waals surface area contributed by atoms with Crippen molar-refractivity contribution in [3.63, 3.8) is 0 Å². The Bertz CT molecular complexity index is 1630. The summed E-state index contributed by atoms with van der Waals surface area (Å²) >= 11 is 0. The predicted molar refractivity (Wildman–Crippen MR) is 145 cm³/mol. The minimum Gasteiger partial charge on any atom is -0.437 e. The van der Waals surface area contributed by atoms with Gasteiger partial charge in [0.1, 0.15) is 28.5 Å². The van der Waals surface area contributed by atoms with Crippen molar-refractivity contribution >= 4 is 17.8 Å². The lowest BCUT2D eigenvalue weighted by Gasteiger charge is -2.43. The maximum Gasteiger partial charge on any atom is 0.413 e. The molecule has 14 heteroatoms. The Balaban J connectivity index is 1.14. The number of benzene rings is 1. The third-order valence-corrected chi connectivity index (χ3v) is 9.70. The predicted octanol–water partition coefficient (Wildman–Crippen LogP) is 5.68. The number of alkyl halides is 3. The van der Waals surface area contributed by atoms with Crippen molar-refractivity contribution < 1.29 is 36.3 Å². The van der Waals surface area contributed by atoms with Gasteiger partial charge in [-0.05, 0) is 49.4 Å². The first-order valence-corrected chi connectivity index (χ1v) is 14.7. The van der Waals surface area contributed by atoms with Gasteiger partial charge in [0.15, 0.2) is 11.6 Å². The lowest BCUT2D eigenvalue weighted by atomic mass is 9.83. The zero-order valence-electron chi connectivity index (χ0n) is 23.5. The van der Waals surface area contributed by atoms with Crippen LogP contribution in [0.3, 0.4) is 0 Å². The number of ether oxygens (including phenoxy) is 1. The third-order valence-electron chi connectivity index (χ3n) is 9.70. The summed E-state index contributed by atoms with van der Waals surface area (Å²) in [4.78, 5) is 31.8. The fourth-order valence-electron chi connectivity index (χ4n) is 7.09. The number of amides is 2. The molecule has 1 spiro atoms. The average molecular weight is 617 g/mol. The molecular weight excluding hydrogens is 587 g/mol. The monoisotopic (exact) mass is 616 g/mol. The molecule has 232 valence electrons. The van der Waals surface area contributed by atoms with Gasteiger partial charge in [0.05, 0.1) is 0 Å². The molecule has 2 amide bonds. The zero-order chi connectivity index (χ0) is 30.9. The van der Waals surface area contributed by atoms with Crippen LogP contribution in [0.5, 0.6) is 0 Å². The molecule has 2 fully saturated rings. The van der Waals surface area contributed by atoms with E-state index in [1.807, 2.05) is 6.07 Å². The summed E-state index contributed by atoms with van der Waals surface area (Å²) in [5, 5.41) is 10.8. The first kappa shape index (κ1) is 28.7. The largest absolute Gasteiger partial charge is 0.437 e. The van der Waals surface area contributed by atoms with Gasteiger partial charge in [0.2, 0.25) is 5.91 Å². The number of nitrogens with zero attached hydrogens (tertiary/aromatic N) is 5. The number of piperidine rings is 1. The number of carbonyl (C=O) groups is 2. The average Bonchev–Trinajstić information content (AvgIpc) is 3.74. The highest BCUT2D eigenvalue weighted by atomic mass is 19.4. The number of rotatable bonds is 4. The second-order valence-electron chi connectivity index (χ2n) is 12.2. The lowest BCUT2D eigenvalue weighted by molar-refractivity contribution is -0.163. The topological polar surface area (TPSA) is 102 Å². The van der Waals surface area contributed by atoms with Gasteiger partial charge in [-0.3, -0.25) is 10.1 Å². The summed E-state index contributed by atoms with van der Waals surface area (Å²) in [6, 6.07) is 7.41. The Morgan fingerprint density at radius 1 is 1.05 bits per heavy atom. The number of carbonyl (C=O) groups excluding carboxylic acids is 2. The first-order valence-electron chi connectivity index (χ1n) is 14.7. The molecule has 1 aromatic carbocycles. The van der Waals surface area contributed by atoms with E-state index in [-0.39, 0.29) is 48.9 Å². The molecule has 9 nitrogen and oxygen atoms in total. The molecular formula is C30H29F5N6O3. The number of fused-ring (bicyclic) bond motifs is 3. The van der Waals surface area contributed by atoms with Crippen molar-refractivity contribution in [1.29, 1.82) is 0 Å². The zero-order valence-corrected chi connectivity index (χ0v) is 23.5. The molecule has 3 aliphatic heterocycles. The number of nitrogens with one attached hydrogen (secondary N) is 1. The van der Waals surface area contributed by atoms with E-state index in [1.54, 1.807) is 17.2 Å². The van der Waals surface area contributed by atoms with Crippen LogP contribution in [-0.2, 0) is 27.1 Å². The van der Waals surface area contributed by atoms with E-state index >= 15 is 0 Å². The molecule has 5 heterocycles. The van der Waals surface area contributed by atoms with E-state index in [9.17, 15) is 31.5 Å².